The van der Waals surface area contributed by atoms with E-state index in [1.807, 2.05) is 11.4 Å². The summed E-state index contributed by atoms with van der Waals surface area (Å²) in [6, 6.07) is 7.13. The molecule has 2 heterocycles. The average Bonchev–Trinajstić information content (AvgIpc) is 3.09. The largest absolute Gasteiger partial charge is 0.281 e. The molecule has 0 fully saturated rings. The lowest BCUT2D eigenvalue weighted by Gasteiger charge is -2.08. The molecule has 0 amide bonds. The van der Waals surface area contributed by atoms with Crippen molar-refractivity contribution in [3.8, 4) is 10.6 Å². The van der Waals surface area contributed by atoms with E-state index in [0.29, 0.717) is 11.4 Å². The number of aromatic nitrogens is 3. The van der Waals surface area contributed by atoms with Crippen molar-refractivity contribution in [2.75, 3.05) is 4.72 Å². The lowest BCUT2D eigenvalue weighted by molar-refractivity contribution is 0.600. The van der Waals surface area contributed by atoms with Crippen LogP contribution in [0.5, 0.6) is 0 Å². The average molecular weight is 320 g/mol. The number of aryl methyl sites for hydroxylation is 1. The number of aromatic amines is 1. The van der Waals surface area contributed by atoms with Crippen LogP contribution in [0.4, 0.5) is 5.69 Å². The van der Waals surface area contributed by atoms with Gasteiger partial charge in [-0.25, -0.2) is 13.4 Å². The van der Waals surface area contributed by atoms with E-state index in [4.69, 9.17) is 0 Å². The fourth-order valence-electron chi connectivity index (χ4n) is 1.90. The lowest BCUT2D eigenvalue weighted by atomic mass is 10.2. The molecule has 0 saturated carbocycles. The highest BCUT2D eigenvalue weighted by Gasteiger charge is 2.18. The minimum Gasteiger partial charge on any atom is -0.281 e. The molecule has 0 bridgehead atoms. The topological polar surface area (TPSA) is 87.7 Å². The van der Waals surface area contributed by atoms with Gasteiger partial charge in [0.15, 0.2) is 0 Å². The summed E-state index contributed by atoms with van der Waals surface area (Å²) in [5.41, 5.74) is 1.86. The summed E-state index contributed by atoms with van der Waals surface area (Å²) in [5, 5.41) is 9.07. The Balaban J connectivity index is 1.92. The first kappa shape index (κ1) is 13.8. The first-order valence-corrected chi connectivity index (χ1v) is 8.45. The molecule has 21 heavy (non-hydrogen) atoms. The standard InChI is InChI=1S/C13H12N4O2S2/c1-9-12(8-15-16-9)21(18,19)17-11-4-2-3-10(7-11)13-14-5-6-20-13/h2-8,17H,1H3,(H,15,16). The second-order valence-corrected chi connectivity index (χ2v) is 6.93. The zero-order chi connectivity index (χ0) is 14.9. The first-order valence-electron chi connectivity index (χ1n) is 6.09. The molecular formula is C13H12N4O2S2. The number of hydrogen-bond acceptors (Lipinski definition) is 5. The van der Waals surface area contributed by atoms with E-state index in [9.17, 15) is 8.42 Å². The zero-order valence-electron chi connectivity index (χ0n) is 11.1. The van der Waals surface area contributed by atoms with Crippen LogP contribution in [0.2, 0.25) is 0 Å². The van der Waals surface area contributed by atoms with E-state index in [1.54, 1.807) is 31.3 Å². The number of nitrogens with one attached hydrogen (secondary N) is 2. The minimum absolute atomic E-state index is 0.141. The van der Waals surface area contributed by atoms with E-state index in [-0.39, 0.29) is 4.90 Å². The Hall–Kier alpha value is -2.19. The number of sulfonamides is 1. The van der Waals surface area contributed by atoms with Crippen LogP contribution in [0, 0.1) is 6.92 Å². The molecule has 8 heteroatoms. The van der Waals surface area contributed by atoms with Crippen LogP contribution in [0.25, 0.3) is 10.6 Å². The summed E-state index contributed by atoms with van der Waals surface area (Å²) in [4.78, 5) is 4.36. The van der Waals surface area contributed by atoms with Crippen molar-refractivity contribution in [1.29, 1.82) is 0 Å². The van der Waals surface area contributed by atoms with Gasteiger partial charge in [-0.3, -0.25) is 9.82 Å². The molecule has 0 radical (unpaired) electrons. The van der Waals surface area contributed by atoms with E-state index >= 15 is 0 Å². The SMILES string of the molecule is Cc1[nH]ncc1S(=O)(=O)Nc1cccc(-c2nccs2)c1. The van der Waals surface area contributed by atoms with Crippen molar-refractivity contribution in [2.24, 2.45) is 0 Å². The van der Waals surface area contributed by atoms with Crippen LogP contribution in [-0.2, 0) is 10.0 Å². The number of hydrogen-bond donors (Lipinski definition) is 2. The van der Waals surface area contributed by atoms with E-state index < -0.39 is 10.0 Å². The molecule has 6 nitrogen and oxygen atoms in total. The number of benzene rings is 1. The van der Waals surface area contributed by atoms with Crippen molar-refractivity contribution in [1.82, 2.24) is 15.2 Å². The van der Waals surface area contributed by atoms with Gasteiger partial charge in [-0.15, -0.1) is 11.3 Å². The fraction of sp³-hybridized carbons (Fsp3) is 0.0769. The van der Waals surface area contributed by atoms with Crippen LogP contribution >= 0.6 is 11.3 Å². The maximum atomic E-state index is 12.3. The Morgan fingerprint density at radius 3 is 2.86 bits per heavy atom. The summed E-state index contributed by atoms with van der Waals surface area (Å²) >= 11 is 1.50. The summed E-state index contributed by atoms with van der Waals surface area (Å²) < 4.78 is 27.1. The third kappa shape index (κ3) is 2.81. The number of thiazole rings is 1. The molecule has 0 saturated heterocycles. The predicted octanol–water partition coefficient (Wildman–Crippen LogP) is 2.64. The third-order valence-corrected chi connectivity index (χ3v) is 5.18. The molecule has 0 unspecified atom stereocenters. The molecule has 108 valence electrons. The van der Waals surface area contributed by atoms with Crippen LogP contribution in [-0.4, -0.2) is 23.6 Å². The van der Waals surface area contributed by atoms with Crippen molar-refractivity contribution < 1.29 is 8.42 Å². The number of nitrogens with zero attached hydrogens (tertiary/aromatic N) is 2. The van der Waals surface area contributed by atoms with Crippen LogP contribution < -0.4 is 4.72 Å². The monoisotopic (exact) mass is 320 g/mol. The van der Waals surface area contributed by atoms with E-state index in [1.165, 1.54) is 17.5 Å². The van der Waals surface area contributed by atoms with Gasteiger partial charge in [0.05, 0.1) is 11.9 Å². The van der Waals surface area contributed by atoms with Gasteiger partial charge in [-0.2, -0.15) is 5.10 Å². The summed E-state index contributed by atoms with van der Waals surface area (Å²) in [5.74, 6) is 0. The quantitative estimate of drug-likeness (QED) is 0.773. The highest BCUT2D eigenvalue weighted by atomic mass is 32.2. The molecule has 0 atom stereocenters. The fourth-order valence-corrected chi connectivity index (χ4v) is 3.73. The molecule has 0 aliphatic carbocycles. The number of rotatable bonds is 4. The number of anilines is 1. The van der Waals surface area contributed by atoms with E-state index in [2.05, 4.69) is 19.9 Å². The molecule has 3 rings (SSSR count). The van der Waals surface area contributed by atoms with Gasteiger partial charge in [-0.05, 0) is 19.1 Å². The van der Waals surface area contributed by atoms with Gasteiger partial charge in [0, 0.05) is 22.8 Å². The van der Waals surface area contributed by atoms with Crippen molar-refractivity contribution in [2.45, 2.75) is 11.8 Å². The maximum absolute atomic E-state index is 12.3. The van der Waals surface area contributed by atoms with Crippen molar-refractivity contribution >= 4 is 27.0 Å². The Morgan fingerprint density at radius 1 is 1.33 bits per heavy atom. The van der Waals surface area contributed by atoms with Crippen molar-refractivity contribution in [3.05, 3.63) is 47.7 Å². The van der Waals surface area contributed by atoms with Gasteiger partial charge < -0.3 is 0 Å². The van der Waals surface area contributed by atoms with Gasteiger partial charge in [0.2, 0.25) is 0 Å². The molecule has 0 aliphatic rings. The van der Waals surface area contributed by atoms with Gasteiger partial charge in [0.25, 0.3) is 10.0 Å². The Labute approximate surface area is 125 Å². The molecule has 1 aromatic carbocycles. The predicted molar refractivity (Wildman–Crippen MR) is 81.7 cm³/mol. The summed E-state index contributed by atoms with van der Waals surface area (Å²) in [6.45, 7) is 1.66. The second-order valence-electron chi connectivity index (χ2n) is 4.38. The Kier molecular flexibility index (Phi) is 3.48. The molecule has 2 aromatic heterocycles. The Bertz CT molecular complexity index is 854. The number of H-pyrrole nitrogens is 1. The van der Waals surface area contributed by atoms with Crippen molar-refractivity contribution in [3.63, 3.8) is 0 Å². The zero-order valence-corrected chi connectivity index (χ0v) is 12.7. The molecule has 0 spiro atoms. The van der Waals surface area contributed by atoms with Gasteiger partial charge >= 0.3 is 0 Å². The summed E-state index contributed by atoms with van der Waals surface area (Å²) in [6.07, 6.45) is 3.01. The molecule has 0 aliphatic heterocycles. The maximum Gasteiger partial charge on any atom is 0.265 e. The smallest absolute Gasteiger partial charge is 0.265 e. The molecule has 3 aromatic rings. The van der Waals surface area contributed by atoms with Crippen LogP contribution in [0.1, 0.15) is 5.69 Å². The third-order valence-electron chi connectivity index (χ3n) is 2.87. The summed E-state index contributed by atoms with van der Waals surface area (Å²) in [7, 11) is -3.65. The second kappa shape index (κ2) is 5.30. The van der Waals surface area contributed by atoms with Gasteiger partial charge in [-0.1, -0.05) is 12.1 Å². The highest BCUT2D eigenvalue weighted by Crippen LogP contribution is 2.25. The van der Waals surface area contributed by atoms with Crippen LogP contribution in [0.3, 0.4) is 0 Å². The van der Waals surface area contributed by atoms with Crippen LogP contribution in [0.15, 0.2) is 46.9 Å². The highest BCUT2D eigenvalue weighted by molar-refractivity contribution is 7.92. The minimum atomic E-state index is -3.65. The lowest BCUT2D eigenvalue weighted by Crippen LogP contribution is -2.13. The normalized spacial score (nSPS) is 11.5. The molecular weight excluding hydrogens is 308 g/mol. The Morgan fingerprint density at radius 2 is 2.19 bits per heavy atom. The van der Waals surface area contributed by atoms with E-state index in [0.717, 1.165) is 10.6 Å². The first-order chi connectivity index (χ1) is 10.1. The molecule has 2 N–H and O–H groups in total. The van der Waals surface area contributed by atoms with Gasteiger partial charge in [0.1, 0.15) is 9.90 Å².